The monoisotopic (exact) mass is 261 g/mol. The van der Waals surface area contributed by atoms with E-state index >= 15 is 0 Å². The third-order valence-electron chi connectivity index (χ3n) is 3.36. The van der Waals surface area contributed by atoms with Gasteiger partial charge >= 0.3 is 0 Å². The largest absolute Gasteiger partial charge is 0.392 e. The fraction of sp³-hybridized carbons (Fsp3) is 0.500. The average molecular weight is 261 g/mol. The number of aliphatic hydroxyl groups excluding tert-OH is 1. The smallest absolute Gasteiger partial charge is 0.0702 e. The maximum atomic E-state index is 9.40. The highest BCUT2D eigenvalue weighted by Crippen LogP contribution is 2.20. The summed E-state index contributed by atoms with van der Waals surface area (Å²) in [6, 6.07) is 8.11. The van der Waals surface area contributed by atoms with E-state index in [9.17, 15) is 5.11 Å². The van der Waals surface area contributed by atoms with Gasteiger partial charge < -0.3 is 14.4 Å². The summed E-state index contributed by atoms with van der Waals surface area (Å²) >= 11 is 0. The molecule has 1 N–H and O–H groups in total. The minimum Gasteiger partial charge on any atom is -0.392 e. The molecule has 1 aromatic heterocycles. The molecule has 0 spiro atoms. The lowest BCUT2D eigenvalue weighted by molar-refractivity contribution is 0.117. The predicted molar refractivity (Wildman–Crippen MR) is 78.1 cm³/mol. The first-order chi connectivity index (χ1) is 9.22. The third kappa shape index (κ3) is 3.58. The molecule has 3 heteroatoms. The van der Waals surface area contributed by atoms with E-state index in [1.165, 1.54) is 5.39 Å². The van der Waals surface area contributed by atoms with Crippen LogP contribution in [0.5, 0.6) is 0 Å². The van der Waals surface area contributed by atoms with E-state index in [-0.39, 0.29) is 6.61 Å². The Balaban J connectivity index is 1.97. The summed E-state index contributed by atoms with van der Waals surface area (Å²) in [4.78, 5) is 0. The highest BCUT2D eigenvalue weighted by molar-refractivity contribution is 5.83. The maximum Gasteiger partial charge on any atom is 0.0702 e. The highest BCUT2D eigenvalue weighted by atomic mass is 16.5. The standard InChI is InChI=1S/C16H23NO2/c1-13(2)7-10-19-11-9-17-8-6-14-4-3-5-15(12-18)16(14)17/h3-6,8,13,18H,7,9-12H2,1-2H3. The minimum absolute atomic E-state index is 0.0789. The summed E-state index contributed by atoms with van der Waals surface area (Å²) in [7, 11) is 0. The van der Waals surface area contributed by atoms with Gasteiger partial charge in [-0.1, -0.05) is 32.0 Å². The van der Waals surface area contributed by atoms with Gasteiger partial charge in [0.05, 0.1) is 18.7 Å². The van der Waals surface area contributed by atoms with Crippen LogP contribution >= 0.6 is 0 Å². The molecule has 0 aliphatic rings. The number of benzene rings is 1. The van der Waals surface area contributed by atoms with Crippen molar-refractivity contribution < 1.29 is 9.84 Å². The Morgan fingerprint density at radius 1 is 1.21 bits per heavy atom. The quantitative estimate of drug-likeness (QED) is 0.777. The molecule has 0 fully saturated rings. The molecule has 0 amide bonds. The Bertz CT molecular complexity index is 516. The first kappa shape index (κ1) is 14.1. The lowest BCUT2D eigenvalue weighted by atomic mass is 10.1. The number of hydrogen-bond acceptors (Lipinski definition) is 2. The molecule has 0 saturated carbocycles. The molecule has 0 unspecified atom stereocenters. The van der Waals surface area contributed by atoms with Crippen molar-refractivity contribution in [2.75, 3.05) is 13.2 Å². The van der Waals surface area contributed by atoms with Gasteiger partial charge in [-0.2, -0.15) is 0 Å². The maximum absolute atomic E-state index is 9.40. The van der Waals surface area contributed by atoms with Gasteiger partial charge in [-0.05, 0) is 23.8 Å². The van der Waals surface area contributed by atoms with E-state index in [1.807, 2.05) is 12.1 Å². The molecule has 19 heavy (non-hydrogen) atoms. The highest BCUT2D eigenvalue weighted by Gasteiger charge is 2.05. The molecule has 104 valence electrons. The number of para-hydroxylation sites is 1. The van der Waals surface area contributed by atoms with Gasteiger partial charge in [0.15, 0.2) is 0 Å². The molecule has 0 saturated heterocycles. The van der Waals surface area contributed by atoms with E-state index in [4.69, 9.17) is 4.74 Å². The van der Waals surface area contributed by atoms with Crippen LogP contribution in [0.25, 0.3) is 10.9 Å². The number of aliphatic hydroxyl groups is 1. The number of fused-ring (bicyclic) bond motifs is 1. The lowest BCUT2D eigenvalue weighted by Crippen LogP contribution is -2.08. The summed E-state index contributed by atoms with van der Waals surface area (Å²) in [6.07, 6.45) is 3.17. The summed E-state index contributed by atoms with van der Waals surface area (Å²) < 4.78 is 7.82. The van der Waals surface area contributed by atoms with Gasteiger partial charge in [-0.3, -0.25) is 0 Å². The Morgan fingerprint density at radius 2 is 2.05 bits per heavy atom. The Labute approximate surface area is 114 Å². The van der Waals surface area contributed by atoms with Gasteiger partial charge in [0, 0.05) is 24.9 Å². The fourth-order valence-electron chi connectivity index (χ4n) is 2.24. The Morgan fingerprint density at radius 3 is 2.79 bits per heavy atom. The van der Waals surface area contributed by atoms with Crippen molar-refractivity contribution in [2.45, 2.75) is 33.4 Å². The van der Waals surface area contributed by atoms with Crippen LogP contribution in [0.1, 0.15) is 25.8 Å². The molecule has 0 radical (unpaired) electrons. The summed E-state index contributed by atoms with van der Waals surface area (Å²) in [5.74, 6) is 0.688. The van der Waals surface area contributed by atoms with E-state index in [1.54, 1.807) is 0 Å². The van der Waals surface area contributed by atoms with Crippen LogP contribution in [0.2, 0.25) is 0 Å². The number of ether oxygens (including phenoxy) is 1. The molecular weight excluding hydrogens is 238 g/mol. The van der Waals surface area contributed by atoms with Crippen molar-refractivity contribution in [3.8, 4) is 0 Å². The summed E-state index contributed by atoms with van der Waals surface area (Å²) in [5.41, 5.74) is 2.10. The van der Waals surface area contributed by atoms with Crippen molar-refractivity contribution in [1.82, 2.24) is 4.57 Å². The van der Waals surface area contributed by atoms with E-state index in [2.05, 4.69) is 36.7 Å². The zero-order chi connectivity index (χ0) is 13.7. The average Bonchev–Trinajstić information content (AvgIpc) is 2.81. The lowest BCUT2D eigenvalue weighted by Gasteiger charge is -2.10. The van der Waals surface area contributed by atoms with Gasteiger partial charge in [0.25, 0.3) is 0 Å². The Kier molecular flexibility index (Phi) is 5.00. The van der Waals surface area contributed by atoms with Crippen molar-refractivity contribution in [2.24, 2.45) is 5.92 Å². The van der Waals surface area contributed by atoms with Crippen LogP contribution in [0.15, 0.2) is 30.5 Å². The topological polar surface area (TPSA) is 34.4 Å². The molecule has 0 atom stereocenters. The molecule has 1 heterocycles. The normalized spacial score (nSPS) is 11.6. The molecule has 2 aromatic rings. The van der Waals surface area contributed by atoms with Gasteiger partial charge in [0.1, 0.15) is 0 Å². The number of nitrogens with zero attached hydrogens (tertiary/aromatic N) is 1. The second-order valence-corrected chi connectivity index (χ2v) is 5.32. The van der Waals surface area contributed by atoms with Crippen molar-refractivity contribution in [3.63, 3.8) is 0 Å². The number of aromatic nitrogens is 1. The predicted octanol–water partition coefficient (Wildman–Crippen LogP) is 3.20. The van der Waals surface area contributed by atoms with E-state index < -0.39 is 0 Å². The molecule has 3 nitrogen and oxygen atoms in total. The van der Waals surface area contributed by atoms with Crippen molar-refractivity contribution in [3.05, 3.63) is 36.0 Å². The first-order valence-electron chi connectivity index (χ1n) is 6.97. The van der Waals surface area contributed by atoms with E-state index in [0.29, 0.717) is 5.92 Å². The second-order valence-electron chi connectivity index (χ2n) is 5.32. The van der Waals surface area contributed by atoms with Crippen LogP contribution in [-0.2, 0) is 17.9 Å². The van der Waals surface area contributed by atoms with Crippen LogP contribution in [-0.4, -0.2) is 22.9 Å². The minimum atomic E-state index is 0.0789. The van der Waals surface area contributed by atoms with Crippen LogP contribution in [0.3, 0.4) is 0 Å². The van der Waals surface area contributed by atoms with Crippen molar-refractivity contribution in [1.29, 1.82) is 0 Å². The van der Waals surface area contributed by atoms with E-state index in [0.717, 1.165) is 37.3 Å². The molecule has 1 aromatic carbocycles. The molecular formula is C16H23NO2. The second kappa shape index (κ2) is 6.73. The van der Waals surface area contributed by atoms with Crippen LogP contribution < -0.4 is 0 Å². The zero-order valence-electron chi connectivity index (χ0n) is 11.8. The van der Waals surface area contributed by atoms with Gasteiger partial charge in [-0.15, -0.1) is 0 Å². The van der Waals surface area contributed by atoms with Gasteiger partial charge in [-0.25, -0.2) is 0 Å². The van der Waals surface area contributed by atoms with Crippen LogP contribution in [0.4, 0.5) is 0 Å². The van der Waals surface area contributed by atoms with Gasteiger partial charge in [0.2, 0.25) is 0 Å². The third-order valence-corrected chi connectivity index (χ3v) is 3.36. The molecule has 0 bridgehead atoms. The Hall–Kier alpha value is -1.32. The SMILES string of the molecule is CC(C)CCOCCn1ccc2cccc(CO)c21. The number of rotatable bonds is 7. The molecule has 0 aliphatic heterocycles. The first-order valence-corrected chi connectivity index (χ1v) is 6.97. The summed E-state index contributed by atoms with van der Waals surface area (Å²) in [6.45, 7) is 6.86. The fourth-order valence-corrected chi connectivity index (χ4v) is 2.24. The van der Waals surface area contributed by atoms with Crippen molar-refractivity contribution >= 4 is 10.9 Å². The zero-order valence-corrected chi connectivity index (χ0v) is 11.8. The van der Waals surface area contributed by atoms with Crippen LogP contribution in [0, 0.1) is 5.92 Å². The number of hydrogen-bond donors (Lipinski definition) is 1. The summed E-state index contributed by atoms with van der Waals surface area (Å²) in [5, 5.41) is 10.6. The molecule has 0 aliphatic carbocycles. The molecule has 2 rings (SSSR count).